The lowest BCUT2D eigenvalue weighted by Gasteiger charge is -2.18. The topological polar surface area (TPSA) is 57.8 Å². The van der Waals surface area contributed by atoms with Crippen molar-refractivity contribution in [3.05, 3.63) is 36.0 Å². The summed E-state index contributed by atoms with van der Waals surface area (Å²) in [7, 11) is 1.94. The van der Waals surface area contributed by atoms with Gasteiger partial charge in [-0.3, -0.25) is 4.68 Å². The van der Waals surface area contributed by atoms with Gasteiger partial charge in [-0.05, 0) is 24.5 Å². The maximum atomic E-state index is 5.95. The number of ether oxygens (including phenoxy) is 1. The molecule has 0 saturated heterocycles. The van der Waals surface area contributed by atoms with Gasteiger partial charge in [0, 0.05) is 19.4 Å². The van der Waals surface area contributed by atoms with Crippen LogP contribution in [0.5, 0.6) is 5.88 Å². The van der Waals surface area contributed by atoms with Crippen LogP contribution in [0.4, 0.5) is 0 Å². The molecule has 0 aromatic carbocycles. The Hall–Kier alpha value is -2.37. The summed E-state index contributed by atoms with van der Waals surface area (Å²) in [4.78, 5) is 9.06. The predicted molar refractivity (Wildman–Crippen MR) is 89.5 cm³/mol. The van der Waals surface area contributed by atoms with Crippen LogP contribution in [0.2, 0.25) is 0 Å². The molecular weight excluding hydrogens is 290 g/mol. The highest BCUT2D eigenvalue weighted by Gasteiger charge is 2.16. The molecule has 3 aromatic rings. The van der Waals surface area contributed by atoms with Crippen LogP contribution in [0.3, 0.4) is 0 Å². The summed E-state index contributed by atoms with van der Waals surface area (Å²) in [6.45, 7) is 9.66. The molecule has 0 fully saturated rings. The molecule has 3 aromatic heterocycles. The normalized spacial score (nSPS) is 12.0. The van der Waals surface area contributed by atoms with Crippen molar-refractivity contribution in [2.45, 2.75) is 34.2 Å². The first-order chi connectivity index (χ1) is 10.8. The van der Waals surface area contributed by atoms with Gasteiger partial charge in [0.05, 0.1) is 24.2 Å². The highest BCUT2D eigenvalue weighted by Crippen LogP contribution is 2.26. The van der Waals surface area contributed by atoms with E-state index in [4.69, 9.17) is 4.74 Å². The van der Waals surface area contributed by atoms with Crippen molar-refractivity contribution in [3.63, 3.8) is 0 Å². The summed E-state index contributed by atoms with van der Waals surface area (Å²) in [6, 6.07) is 4.03. The van der Waals surface area contributed by atoms with E-state index in [1.54, 1.807) is 6.20 Å². The molecule has 0 N–H and O–H groups in total. The van der Waals surface area contributed by atoms with Gasteiger partial charge in [0.25, 0.3) is 0 Å². The largest absolute Gasteiger partial charge is 0.477 e. The second-order valence-electron chi connectivity index (χ2n) is 7.05. The van der Waals surface area contributed by atoms with Crippen molar-refractivity contribution in [3.8, 4) is 5.88 Å². The van der Waals surface area contributed by atoms with Crippen LogP contribution in [0.1, 0.15) is 32.3 Å². The van der Waals surface area contributed by atoms with Crippen LogP contribution in [0, 0.1) is 12.3 Å². The van der Waals surface area contributed by atoms with Crippen LogP contribution in [0.15, 0.2) is 24.5 Å². The third-order valence-electron chi connectivity index (χ3n) is 3.59. The number of nitrogens with zero attached hydrogens (tertiary/aromatic N) is 5. The lowest BCUT2D eigenvalue weighted by atomic mass is 9.99. The van der Waals surface area contributed by atoms with Gasteiger partial charge >= 0.3 is 0 Å². The number of hydrogen-bond donors (Lipinski definition) is 0. The lowest BCUT2D eigenvalue weighted by Crippen LogP contribution is -2.17. The average molecular weight is 313 g/mol. The van der Waals surface area contributed by atoms with Crippen molar-refractivity contribution in [1.29, 1.82) is 0 Å². The third-order valence-corrected chi connectivity index (χ3v) is 3.59. The molecular formula is C17H23N5O. The highest BCUT2D eigenvalue weighted by molar-refractivity contribution is 5.81. The third kappa shape index (κ3) is 3.36. The maximum Gasteiger partial charge on any atom is 0.226 e. The minimum absolute atomic E-state index is 0.0858. The first kappa shape index (κ1) is 15.5. The zero-order valence-electron chi connectivity index (χ0n) is 14.4. The van der Waals surface area contributed by atoms with Crippen LogP contribution in [-0.2, 0) is 13.6 Å². The van der Waals surface area contributed by atoms with Gasteiger partial charge in [0.15, 0.2) is 0 Å². The van der Waals surface area contributed by atoms with E-state index in [2.05, 4.69) is 40.4 Å². The lowest BCUT2D eigenvalue weighted by molar-refractivity contribution is 0.193. The van der Waals surface area contributed by atoms with Gasteiger partial charge in [0.1, 0.15) is 11.5 Å². The molecule has 3 rings (SSSR count). The minimum atomic E-state index is 0.0858. The molecule has 23 heavy (non-hydrogen) atoms. The molecule has 0 saturated carbocycles. The van der Waals surface area contributed by atoms with Crippen molar-refractivity contribution >= 4 is 11.0 Å². The fourth-order valence-electron chi connectivity index (χ4n) is 2.39. The fourth-order valence-corrected chi connectivity index (χ4v) is 2.39. The zero-order valence-corrected chi connectivity index (χ0v) is 14.4. The summed E-state index contributed by atoms with van der Waals surface area (Å²) < 4.78 is 9.93. The molecule has 0 atom stereocenters. The molecule has 0 unspecified atom stereocenters. The van der Waals surface area contributed by atoms with E-state index in [0.717, 1.165) is 23.3 Å². The molecule has 0 aliphatic heterocycles. The summed E-state index contributed by atoms with van der Waals surface area (Å²) in [5.41, 5.74) is 2.10. The zero-order chi connectivity index (χ0) is 16.6. The van der Waals surface area contributed by atoms with E-state index < -0.39 is 0 Å². The molecule has 122 valence electrons. The summed E-state index contributed by atoms with van der Waals surface area (Å²) >= 11 is 0. The van der Waals surface area contributed by atoms with Gasteiger partial charge in [0.2, 0.25) is 5.88 Å². The van der Waals surface area contributed by atoms with Gasteiger partial charge in [-0.1, -0.05) is 20.8 Å². The van der Waals surface area contributed by atoms with Crippen LogP contribution in [-0.4, -0.2) is 30.9 Å². The van der Waals surface area contributed by atoms with Gasteiger partial charge < -0.3 is 9.30 Å². The van der Waals surface area contributed by atoms with Gasteiger partial charge in [-0.15, -0.1) is 0 Å². The monoisotopic (exact) mass is 313 g/mol. The fraction of sp³-hybridized carbons (Fsp3) is 0.471. The van der Waals surface area contributed by atoms with Crippen LogP contribution in [0.25, 0.3) is 11.0 Å². The Bertz CT molecular complexity index is 825. The first-order valence-corrected chi connectivity index (χ1v) is 7.77. The number of rotatable bonds is 4. The molecule has 0 aliphatic carbocycles. The molecule has 0 radical (unpaired) electrons. The molecule has 6 heteroatoms. The number of aryl methyl sites for hydroxylation is 2. The molecule has 0 aliphatic rings. The standard InChI is InChI=1S/C17H23N5O/c1-12-19-15-14(16(20-12)23-11-17(2,3)4)7-9-22(15)10-13-6-8-18-21(13)5/h6-9H,10-11H2,1-5H3. The molecule has 0 spiro atoms. The van der Waals surface area contributed by atoms with Crippen molar-refractivity contribution in [1.82, 2.24) is 24.3 Å². The molecule has 0 amide bonds. The van der Waals surface area contributed by atoms with E-state index >= 15 is 0 Å². The number of hydrogen-bond acceptors (Lipinski definition) is 4. The summed E-state index contributed by atoms with van der Waals surface area (Å²) in [6.07, 6.45) is 3.83. The maximum absolute atomic E-state index is 5.95. The van der Waals surface area contributed by atoms with Gasteiger partial charge in [-0.2, -0.15) is 10.1 Å². The number of aromatic nitrogens is 5. The average Bonchev–Trinajstić information content (AvgIpc) is 3.04. The smallest absolute Gasteiger partial charge is 0.226 e. The Labute approximate surface area is 136 Å². The minimum Gasteiger partial charge on any atom is -0.477 e. The Balaban J connectivity index is 1.96. The molecule has 6 nitrogen and oxygen atoms in total. The predicted octanol–water partition coefficient (Wildman–Crippen LogP) is 2.95. The van der Waals surface area contributed by atoms with Gasteiger partial charge in [-0.25, -0.2) is 4.98 Å². The van der Waals surface area contributed by atoms with E-state index in [0.29, 0.717) is 18.3 Å². The van der Waals surface area contributed by atoms with Crippen molar-refractivity contribution in [2.24, 2.45) is 12.5 Å². The van der Waals surface area contributed by atoms with E-state index in [1.807, 2.05) is 37.0 Å². The van der Waals surface area contributed by atoms with Crippen molar-refractivity contribution < 1.29 is 4.74 Å². The van der Waals surface area contributed by atoms with Crippen LogP contribution >= 0.6 is 0 Å². The SMILES string of the molecule is Cc1nc(OCC(C)(C)C)c2ccn(Cc3ccnn3C)c2n1. The van der Waals surface area contributed by atoms with Crippen LogP contribution < -0.4 is 4.74 Å². The van der Waals surface area contributed by atoms with E-state index in [9.17, 15) is 0 Å². The highest BCUT2D eigenvalue weighted by atomic mass is 16.5. The van der Waals surface area contributed by atoms with Crippen molar-refractivity contribution in [2.75, 3.05) is 6.61 Å². The quantitative estimate of drug-likeness (QED) is 0.743. The Morgan fingerprint density at radius 3 is 2.61 bits per heavy atom. The first-order valence-electron chi connectivity index (χ1n) is 7.77. The Kier molecular flexibility index (Phi) is 3.83. The second kappa shape index (κ2) is 5.68. The molecule has 3 heterocycles. The summed E-state index contributed by atoms with van der Waals surface area (Å²) in [5, 5.41) is 5.16. The molecule has 0 bridgehead atoms. The van der Waals surface area contributed by atoms with E-state index in [-0.39, 0.29) is 5.41 Å². The summed E-state index contributed by atoms with van der Waals surface area (Å²) in [5.74, 6) is 1.37. The second-order valence-corrected chi connectivity index (χ2v) is 7.05. The number of fused-ring (bicyclic) bond motifs is 1. The Morgan fingerprint density at radius 2 is 1.96 bits per heavy atom. The Morgan fingerprint density at radius 1 is 1.17 bits per heavy atom. The van der Waals surface area contributed by atoms with E-state index in [1.165, 1.54) is 0 Å².